The maximum atomic E-state index is 10.6. The molecule has 0 aliphatic heterocycles. The SMILES string of the molecule is O=c1cc(Br)cc(Br)[nH]1. The molecule has 0 aromatic carbocycles. The lowest BCUT2D eigenvalue weighted by molar-refractivity contribution is 1.19. The molecule has 0 spiro atoms. The van der Waals surface area contributed by atoms with Gasteiger partial charge in [-0.2, -0.15) is 0 Å². The molecule has 0 atom stereocenters. The summed E-state index contributed by atoms with van der Waals surface area (Å²) in [6.45, 7) is 0. The molecule has 0 radical (unpaired) electrons. The van der Waals surface area contributed by atoms with Crippen LogP contribution < -0.4 is 5.56 Å². The number of hydrogen-bond donors (Lipinski definition) is 1. The Balaban J connectivity index is 3.33. The van der Waals surface area contributed by atoms with Crippen molar-refractivity contribution in [3.63, 3.8) is 0 Å². The summed E-state index contributed by atoms with van der Waals surface area (Å²) in [7, 11) is 0. The van der Waals surface area contributed by atoms with Crippen LogP contribution in [0.5, 0.6) is 0 Å². The standard InChI is InChI=1S/C5H3Br2NO/c6-3-1-4(7)8-5(9)2-3/h1-2H,(H,8,9). The fourth-order valence-electron chi connectivity index (χ4n) is 0.478. The summed E-state index contributed by atoms with van der Waals surface area (Å²) in [6, 6.07) is 3.23. The third-order valence-electron chi connectivity index (χ3n) is 0.776. The molecule has 48 valence electrons. The topological polar surface area (TPSA) is 32.9 Å². The van der Waals surface area contributed by atoms with E-state index in [0.717, 1.165) is 4.47 Å². The van der Waals surface area contributed by atoms with Crippen LogP contribution in [0.3, 0.4) is 0 Å². The van der Waals surface area contributed by atoms with Crippen LogP contribution in [0.1, 0.15) is 0 Å². The second-order valence-corrected chi connectivity index (χ2v) is 3.28. The molecular weight excluding hydrogens is 250 g/mol. The number of aromatic amines is 1. The van der Waals surface area contributed by atoms with Gasteiger partial charge < -0.3 is 4.98 Å². The van der Waals surface area contributed by atoms with Crippen molar-refractivity contribution >= 4 is 31.9 Å². The van der Waals surface area contributed by atoms with Gasteiger partial charge in [0.15, 0.2) is 0 Å². The number of H-pyrrole nitrogens is 1. The summed E-state index contributed by atoms with van der Waals surface area (Å²) in [4.78, 5) is 13.1. The molecule has 1 N–H and O–H groups in total. The van der Waals surface area contributed by atoms with Gasteiger partial charge in [-0.1, -0.05) is 15.9 Å². The quantitative estimate of drug-likeness (QED) is 0.703. The van der Waals surface area contributed by atoms with Crippen LogP contribution in [0.25, 0.3) is 0 Å². The molecule has 0 unspecified atom stereocenters. The van der Waals surface area contributed by atoms with E-state index < -0.39 is 0 Å². The van der Waals surface area contributed by atoms with Gasteiger partial charge >= 0.3 is 0 Å². The molecule has 0 amide bonds. The molecule has 2 nitrogen and oxygen atoms in total. The van der Waals surface area contributed by atoms with Gasteiger partial charge in [-0.15, -0.1) is 0 Å². The molecule has 0 saturated heterocycles. The fraction of sp³-hybridized carbons (Fsp3) is 0. The summed E-state index contributed by atoms with van der Waals surface area (Å²) < 4.78 is 1.46. The number of pyridine rings is 1. The first kappa shape index (κ1) is 7.02. The molecule has 0 bridgehead atoms. The second kappa shape index (κ2) is 2.66. The van der Waals surface area contributed by atoms with Crippen molar-refractivity contribution in [1.82, 2.24) is 4.98 Å². The van der Waals surface area contributed by atoms with E-state index in [9.17, 15) is 4.79 Å². The van der Waals surface area contributed by atoms with Crippen molar-refractivity contribution in [2.24, 2.45) is 0 Å². The lowest BCUT2D eigenvalue weighted by Crippen LogP contribution is -2.02. The third-order valence-corrected chi connectivity index (χ3v) is 1.66. The molecule has 0 fully saturated rings. The van der Waals surface area contributed by atoms with Gasteiger partial charge in [0, 0.05) is 10.5 Å². The van der Waals surface area contributed by atoms with Gasteiger partial charge in [0.05, 0.1) is 4.60 Å². The smallest absolute Gasteiger partial charge is 0.249 e. The van der Waals surface area contributed by atoms with E-state index in [4.69, 9.17) is 0 Å². The largest absolute Gasteiger partial charge is 0.317 e. The van der Waals surface area contributed by atoms with E-state index in [1.54, 1.807) is 6.07 Å². The second-order valence-electron chi connectivity index (χ2n) is 1.51. The van der Waals surface area contributed by atoms with E-state index in [1.165, 1.54) is 6.07 Å². The molecule has 1 rings (SSSR count). The van der Waals surface area contributed by atoms with Crippen molar-refractivity contribution in [3.8, 4) is 0 Å². The Morgan fingerprint density at radius 3 is 2.44 bits per heavy atom. The predicted octanol–water partition coefficient (Wildman–Crippen LogP) is 1.90. The highest BCUT2D eigenvalue weighted by Gasteiger charge is 1.90. The van der Waals surface area contributed by atoms with Gasteiger partial charge in [0.25, 0.3) is 0 Å². The van der Waals surface area contributed by atoms with Gasteiger partial charge in [-0.05, 0) is 22.0 Å². The van der Waals surface area contributed by atoms with Gasteiger partial charge in [-0.3, -0.25) is 4.79 Å². The Hall–Kier alpha value is -0.0900. The van der Waals surface area contributed by atoms with Crippen molar-refractivity contribution < 1.29 is 0 Å². The fourth-order valence-corrected chi connectivity index (χ4v) is 1.66. The summed E-state index contributed by atoms with van der Waals surface area (Å²) >= 11 is 6.29. The number of aromatic nitrogens is 1. The van der Waals surface area contributed by atoms with Crippen LogP contribution in [0.4, 0.5) is 0 Å². The Kier molecular flexibility index (Phi) is 2.08. The molecule has 9 heavy (non-hydrogen) atoms. The lowest BCUT2D eigenvalue weighted by atomic mass is 10.5. The lowest BCUT2D eigenvalue weighted by Gasteiger charge is -1.88. The van der Waals surface area contributed by atoms with Crippen molar-refractivity contribution in [1.29, 1.82) is 0 Å². The zero-order valence-electron chi connectivity index (χ0n) is 4.32. The highest BCUT2D eigenvalue weighted by Crippen LogP contribution is 2.10. The summed E-state index contributed by atoms with van der Waals surface area (Å²) in [5.74, 6) is 0. The maximum absolute atomic E-state index is 10.6. The van der Waals surface area contributed by atoms with Gasteiger partial charge in [-0.25, -0.2) is 0 Å². The Labute approximate surface area is 68.5 Å². The molecule has 0 aliphatic rings. The van der Waals surface area contributed by atoms with Crippen LogP contribution in [-0.4, -0.2) is 4.98 Å². The van der Waals surface area contributed by atoms with Crippen LogP contribution in [-0.2, 0) is 0 Å². The highest BCUT2D eigenvalue weighted by atomic mass is 79.9. The minimum Gasteiger partial charge on any atom is -0.317 e. The van der Waals surface area contributed by atoms with Gasteiger partial charge in [0.2, 0.25) is 5.56 Å². The van der Waals surface area contributed by atoms with E-state index in [0.29, 0.717) is 4.60 Å². The minimum atomic E-state index is -0.115. The minimum absolute atomic E-state index is 0.115. The van der Waals surface area contributed by atoms with Crippen molar-refractivity contribution in [2.45, 2.75) is 0 Å². The third kappa shape index (κ3) is 1.95. The molecule has 0 aliphatic carbocycles. The first-order valence-electron chi connectivity index (χ1n) is 2.24. The summed E-state index contributed by atoms with van der Waals surface area (Å²) in [5, 5.41) is 0. The van der Waals surface area contributed by atoms with Gasteiger partial charge in [0.1, 0.15) is 0 Å². The number of hydrogen-bond acceptors (Lipinski definition) is 1. The maximum Gasteiger partial charge on any atom is 0.249 e. The molecule has 0 saturated carbocycles. The molecule has 1 aromatic rings. The molecular formula is C5H3Br2NO. The Morgan fingerprint density at radius 1 is 1.33 bits per heavy atom. The number of rotatable bonds is 0. The normalized spacial score (nSPS) is 9.56. The van der Waals surface area contributed by atoms with E-state index in [2.05, 4.69) is 36.8 Å². The molecule has 4 heteroatoms. The van der Waals surface area contributed by atoms with E-state index >= 15 is 0 Å². The van der Waals surface area contributed by atoms with Crippen LogP contribution >= 0.6 is 31.9 Å². The van der Waals surface area contributed by atoms with E-state index in [-0.39, 0.29) is 5.56 Å². The monoisotopic (exact) mass is 251 g/mol. The number of halogens is 2. The van der Waals surface area contributed by atoms with Crippen LogP contribution in [0, 0.1) is 0 Å². The first-order chi connectivity index (χ1) is 4.18. The predicted molar refractivity (Wildman–Crippen MR) is 42.5 cm³/mol. The highest BCUT2D eigenvalue weighted by molar-refractivity contribution is 9.11. The summed E-state index contributed by atoms with van der Waals surface area (Å²) in [6.07, 6.45) is 0. The Morgan fingerprint density at radius 2 is 2.00 bits per heavy atom. The van der Waals surface area contributed by atoms with Crippen LogP contribution in [0.15, 0.2) is 26.0 Å². The van der Waals surface area contributed by atoms with Crippen LogP contribution in [0.2, 0.25) is 0 Å². The van der Waals surface area contributed by atoms with E-state index in [1.807, 2.05) is 0 Å². The Bertz CT molecular complexity index is 245. The number of nitrogens with one attached hydrogen (secondary N) is 1. The average molecular weight is 253 g/mol. The average Bonchev–Trinajstić information content (AvgIpc) is 1.59. The zero-order chi connectivity index (χ0) is 6.85. The van der Waals surface area contributed by atoms with Crippen molar-refractivity contribution in [2.75, 3.05) is 0 Å². The summed E-state index contributed by atoms with van der Waals surface area (Å²) in [5.41, 5.74) is -0.115. The first-order valence-corrected chi connectivity index (χ1v) is 3.82. The zero-order valence-corrected chi connectivity index (χ0v) is 7.49. The van der Waals surface area contributed by atoms with Crippen molar-refractivity contribution in [3.05, 3.63) is 31.6 Å². The molecule has 1 heterocycles. The molecule has 1 aromatic heterocycles.